The number of rotatable bonds is 2. The Morgan fingerprint density at radius 3 is 2.65 bits per heavy atom. The molecule has 1 unspecified atom stereocenters. The molecule has 0 bridgehead atoms. The van der Waals surface area contributed by atoms with Crippen LogP contribution in [0.1, 0.15) is 18.6 Å². The van der Waals surface area contributed by atoms with E-state index in [4.69, 9.17) is 0 Å². The SMILES string of the molecule is CC(O)c1cc(Br)ccc1N1CCS(=O)CC1. The predicted octanol–water partition coefficient (Wildman–Crippen LogP) is 2.07. The Labute approximate surface area is 112 Å². The summed E-state index contributed by atoms with van der Waals surface area (Å²) in [6.07, 6.45) is -0.491. The number of hydrogen-bond donors (Lipinski definition) is 1. The summed E-state index contributed by atoms with van der Waals surface area (Å²) in [6, 6.07) is 5.94. The summed E-state index contributed by atoms with van der Waals surface area (Å²) in [5.74, 6) is 1.44. The molecule has 1 fully saturated rings. The van der Waals surface area contributed by atoms with E-state index in [1.165, 1.54) is 0 Å². The summed E-state index contributed by atoms with van der Waals surface area (Å²) in [6.45, 7) is 3.37. The summed E-state index contributed by atoms with van der Waals surface area (Å²) in [7, 11) is -0.670. The first-order valence-electron chi connectivity index (χ1n) is 5.65. The molecule has 1 aromatic carbocycles. The van der Waals surface area contributed by atoms with Crippen LogP contribution in [0.5, 0.6) is 0 Å². The number of aliphatic hydroxyl groups excluding tert-OH is 1. The molecule has 1 N–H and O–H groups in total. The third kappa shape index (κ3) is 3.09. The van der Waals surface area contributed by atoms with E-state index in [2.05, 4.69) is 20.8 Å². The first kappa shape index (κ1) is 13.1. The smallest absolute Gasteiger partial charge is 0.0782 e. The van der Waals surface area contributed by atoms with E-state index in [-0.39, 0.29) is 0 Å². The van der Waals surface area contributed by atoms with E-state index < -0.39 is 16.9 Å². The first-order chi connectivity index (χ1) is 8.08. The molecule has 1 aromatic rings. The maximum atomic E-state index is 11.3. The second kappa shape index (κ2) is 5.50. The second-order valence-electron chi connectivity index (χ2n) is 4.21. The fourth-order valence-electron chi connectivity index (χ4n) is 2.03. The highest BCUT2D eigenvalue weighted by atomic mass is 79.9. The van der Waals surface area contributed by atoms with Gasteiger partial charge in [-0.3, -0.25) is 4.21 Å². The van der Waals surface area contributed by atoms with Crippen molar-refractivity contribution in [2.75, 3.05) is 29.5 Å². The van der Waals surface area contributed by atoms with E-state index in [1.807, 2.05) is 18.2 Å². The molecular weight excluding hydrogens is 302 g/mol. The highest BCUT2D eigenvalue weighted by molar-refractivity contribution is 9.10. The van der Waals surface area contributed by atoms with Gasteiger partial charge in [-0.15, -0.1) is 0 Å². The number of benzene rings is 1. The molecule has 3 nitrogen and oxygen atoms in total. The quantitative estimate of drug-likeness (QED) is 0.907. The lowest BCUT2D eigenvalue weighted by Gasteiger charge is -2.31. The van der Waals surface area contributed by atoms with Crippen LogP contribution in [-0.4, -0.2) is 33.9 Å². The number of anilines is 1. The molecule has 0 saturated carbocycles. The molecule has 0 amide bonds. The Bertz CT molecular complexity index is 427. The van der Waals surface area contributed by atoms with Gasteiger partial charge in [0, 0.05) is 51.1 Å². The first-order valence-corrected chi connectivity index (χ1v) is 7.93. The molecule has 0 radical (unpaired) electrons. The number of hydrogen-bond acceptors (Lipinski definition) is 3. The van der Waals surface area contributed by atoms with Crippen molar-refractivity contribution < 1.29 is 9.32 Å². The lowest BCUT2D eigenvalue weighted by Crippen LogP contribution is -2.38. The maximum Gasteiger partial charge on any atom is 0.0782 e. The van der Waals surface area contributed by atoms with Crippen molar-refractivity contribution in [1.29, 1.82) is 0 Å². The molecule has 0 spiro atoms. The van der Waals surface area contributed by atoms with Gasteiger partial charge in [0.2, 0.25) is 0 Å². The normalized spacial score (nSPS) is 19.4. The molecule has 0 aromatic heterocycles. The van der Waals surface area contributed by atoms with Crippen molar-refractivity contribution in [3.63, 3.8) is 0 Å². The summed E-state index contributed by atoms with van der Waals surface area (Å²) >= 11 is 3.42. The monoisotopic (exact) mass is 317 g/mol. The van der Waals surface area contributed by atoms with E-state index >= 15 is 0 Å². The van der Waals surface area contributed by atoms with Crippen LogP contribution in [0.25, 0.3) is 0 Å². The molecule has 1 aliphatic heterocycles. The van der Waals surface area contributed by atoms with Gasteiger partial charge in [0.05, 0.1) is 6.10 Å². The van der Waals surface area contributed by atoms with Gasteiger partial charge >= 0.3 is 0 Å². The molecule has 1 aliphatic rings. The Hall–Kier alpha value is -0.390. The topological polar surface area (TPSA) is 40.5 Å². The van der Waals surface area contributed by atoms with Gasteiger partial charge in [0.1, 0.15) is 0 Å². The molecule has 1 heterocycles. The Morgan fingerprint density at radius 1 is 1.41 bits per heavy atom. The van der Waals surface area contributed by atoms with Crippen molar-refractivity contribution in [2.24, 2.45) is 0 Å². The van der Waals surface area contributed by atoms with Gasteiger partial charge in [0.15, 0.2) is 0 Å². The lowest BCUT2D eigenvalue weighted by molar-refractivity contribution is 0.199. The molecule has 17 heavy (non-hydrogen) atoms. The van der Waals surface area contributed by atoms with Crippen LogP contribution in [-0.2, 0) is 10.8 Å². The summed E-state index contributed by atoms with van der Waals surface area (Å²) < 4.78 is 12.3. The minimum atomic E-state index is -0.670. The Kier molecular flexibility index (Phi) is 4.22. The largest absolute Gasteiger partial charge is 0.389 e. The minimum absolute atomic E-state index is 0.491. The average molecular weight is 318 g/mol. The van der Waals surface area contributed by atoms with Crippen LogP contribution >= 0.6 is 15.9 Å². The minimum Gasteiger partial charge on any atom is -0.389 e. The number of aliphatic hydroxyl groups is 1. The van der Waals surface area contributed by atoms with E-state index in [9.17, 15) is 9.32 Å². The number of nitrogens with zero attached hydrogens (tertiary/aromatic N) is 1. The third-order valence-electron chi connectivity index (χ3n) is 2.96. The second-order valence-corrected chi connectivity index (χ2v) is 6.83. The standard InChI is InChI=1S/C12H16BrNO2S/c1-9(15)11-8-10(13)2-3-12(11)14-4-6-17(16)7-5-14/h2-3,8-9,15H,4-7H2,1H3. The summed E-state index contributed by atoms with van der Waals surface area (Å²) in [5, 5.41) is 9.80. The van der Waals surface area contributed by atoms with Gasteiger partial charge in [-0.1, -0.05) is 15.9 Å². The zero-order chi connectivity index (χ0) is 12.4. The molecular formula is C12H16BrNO2S. The van der Waals surface area contributed by atoms with E-state index in [0.29, 0.717) is 0 Å². The molecule has 5 heteroatoms. The van der Waals surface area contributed by atoms with Crippen LogP contribution in [0, 0.1) is 0 Å². The van der Waals surface area contributed by atoms with Crippen molar-refractivity contribution in [1.82, 2.24) is 0 Å². The van der Waals surface area contributed by atoms with Gasteiger partial charge in [-0.2, -0.15) is 0 Å². The van der Waals surface area contributed by atoms with Crippen molar-refractivity contribution in [3.8, 4) is 0 Å². The summed E-state index contributed by atoms with van der Waals surface area (Å²) in [4.78, 5) is 2.20. The Balaban J connectivity index is 2.28. The third-order valence-corrected chi connectivity index (χ3v) is 4.73. The number of halogens is 1. The highest BCUT2D eigenvalue weighted by Crippen LogP contribution is 2.30. The van der Waals surface area contributed by atoms with Crippen molar-refractivity contribution in [2.45, 2.75) is 13.0 Å². The van der Waals surface area contributed by atoms with Gasteiger partial charge in [0.25, 0.3) is 0 Å². The van der Waals surface area contributed by atoms with Gasteiger partial charge in [-0.05, 0) is 25.1 Å². The van der Waals surface area contributed by atoms with E-state index in [1.54, 1.807) is 6.92 Å². The average Bonchev–Trinajstić information content (AvgIpc) is 2.30. The lowest BCUT2D eigenvalue weighted by atomic mass is 10.1. The summed E-state index contributed by atoms with van der Waals surface area (Å²) in [5.41, 5.74) is 1.98. The van der Waals surface area contributed by atoms with Crippen molar-refractivity contribution in [3.05, 3.63) is 28.2 Å². The highest BCUT2D eigenvalue weighted by Gasteiger charge is 2.19. The van der Waals surface area contributed by atoms with Crippen LogP contribution in [0.15, 0.2) is 22.7 Å². The fourth-order valence-corrected chi connectivity index (χ4v) is 3.46. The molecule has 1 saturated heterocycles. The maximum absolute atomic E-state index is 11.3. The zero-order valence-corrected chi connectivity index (χ0v) is 12.1. The van der Waals surface area contributed by atoms with Crippen LogP contribution < -0.4 is 4.90 Å². The predicted molar refractivity (Wildman–Crippen MR) is 74.9 cm³/mol. The van der Waals surface area contributed by atoms with Crippen molar-refractivity contribution >= 4 is 32.4 Å². The van der Waals surface area contributed by atoms with Crippen LogP contribution in [0.4, 0.5) is 5.69 Å². The van der Waals surface area contributed by atoms with Gasteiger partial charge < -0.3 is 10.0 Å². The Morgan fingerprint density at radius 2 is 2.06 bits per heavy atom. The fraction of sp³-hybridized carbons (Fsp3) is 0.500. The molecule has 0 aliphatic carbocycles. The van der Waals surface area contributed by atoms with E-state index in [0.717, 1.165) is 40.3 Å². The molecule has 94 valence electrons. The van der Waals surface area contributed by atoms with Gasteiger partial charge in [-0.25, -0.2) is 0 Å². The van der Waals surface area contributed by atoms with Crippen LogP contribution in [0.3, 0.4) is 0 Å². The molecule has 2 rings (SSSR count). The zero-order valence-electron chi connectivity index (χ0n) is 9.73. The van der Waals surface area contributed by atoms with Crippen LogP contribution in [0.2, 0.25) is 0 Å². The molecule has 1 atom stereocenters.